The first kappa shape index (κ1) is 22.1. The van der Waals surface area contributed by atoms with Crippen molar-refractivity contribution >= 4 is 28.6 Å². The molecule has 0 unspecified atom stereocenters. The molecule has 0 spiro atoms. The number of β-amino-alcohol motifs (C(OH)–C–C–N with tert-alkyl or cyclic N) is 1. The van der Waals surface area contributed by atoms with Gasteiger partial charge in [0.15, 0.2) is 6.54 Å². The fourth-order valence-corrected chi connectivity index (χ4v) is 4.90. The van der Waals surface area contributed by atoms with Crippen molar-refractivity contribution in [2.75, 3.05) is 24.7 Å². The van der Waals surface area contributed by atoms with Crippen LogP contribution in [0, 0.1) is 0 Å². The molecule has 1 aromatic heterocycles. The van der Waals surface area contributed by atoms with Crippen LogP contribution < -0.4 is 9.47 Å². The first-order chi connectivity index (χ1) is 16.4. The largest absolute Gasteiger partial charge is 0.506 e. The second-order valence-electron chi connectivity index (χ2n) is 8.98. The number of para-hydroxylation sites is 3. The molecular weight excluding hydrogens is 432 g/mol. The van der Waals surface area contributed by atoms with Crippen LogP contribution in [0.3, 0.4) is 0 Å². The lowest BCUT2D eigenvalue weighted by molar-refractivity contribution is -0.679. The van der Waals surface area contributed by atoms with Gasteiger partial charge in [-0.2, -0.15) is 4.57 Å². The number of aliphatic hydroxyl groups excluding tert-OH is 3. The van der Waals surface area contributed by atoms with Crippen LogP contribution in [0.25, 0.3) is 17.2 Å². The van der Waals surface area contributed by atoms with E-state index >= 15 is 0 Å². The summed E-state index contributed by atoms with van der Waals surface area (Å²) in [4.78, 5) is 15.1. The number of allylic oxidation sites excluding steroid dienone is 4. The Hall–Kier alpha value is -3.68. The molecule has 1 aliphatic heterocycles. The molecule has 2 heterocycles. The zero-order chi connectivity index (χ0) is 24.0. The van der Waals surface area contributed by atoms with Gasteiger partial charge in [-0.3, -0.25) is 4.79 Å². The monoisotopic (exact) mass is 459 g/mol. The minimum Gasteiger partial charge on any atom is -0.506 e. The average molecular weight is 460 g/mol. The number of Topliss-reactive ketones (excluding diaryl/α,β-unsaturated/α-hetero) is 1. The molecule has 2 aliphatic rings. The molecule has 0 atom stereocenters. The van der Waals surface area contributed by atoms with Crippen molar-refractivity contribution in [1.82, 2.24) is 0 Å². The summed E-state index contributed by atoms with van der Waals surface area (Å²) in [6.07, 6.45) is 3.25. The highest BCUT2D eigenvalue weighted by Gasteiger charge is 2.42. The number of rotatable bonds is 6. The van der Waals surface area contributed by atoms with Gasteiger partial charge in [0.05, 0.1) is 23.8 Å². The topological polar surface area (TPSA) is 98.0 Å². The van der Waals surface area contributed by atoms with E-state index in [1.54, 1.807) is 10.6 Å². The maximum atomic E-state index is 13.1. The van der Waals surface area contributed by atoms with E-state index in [0.717, 1.165) is 22.5 Å². The van der Waals surface area contributed by atoms with E-state index in [1.807, 2.05) is 53.4 Å². The molecule has 7 heteroatoms. The molecule has 0 radical (unpaired) electrons. The molecular formula is C27H27N2O5+. The maximum absolute atomic E-state index is 13.1. The molecule has 0 bridgehead atoms. The summed E-state index contributed by atoms with van der Waals surface area (Å²) in [5.74, 6) is 0.00767. The average Bonchev–Trinajstić information content (AvgIpc) is 3.29. The number of fused-ring (bicyclic) bond motifs is 2. The Morgan fingerprint density at radius 3 is 2.50 bits per heavy atom. The third kappa shape index (κ3) is 3.28. The van der Waals surface area contributed by atoms with Crippen molar-refractivity contribution in [1.29, 1.82) is 0 Å². The number of oxazole rings is 1. The number of nitrogens with zero attached hydrogens (tertiary/aromatic N) is 2. The molecule has 7 nitrogen and oxygen atoms in total. The summed E-state index contributed by atoms with van der Waals surface area (Å²) in [5, 5.41) is 30.0. The van der Waals surface area contributed by atoms with Crippen molar-refractivity contribution < 1.29 is 29.1 Å². The molecule has 34 heavy (non-hydrogen) atoms. The summed E-state index contributed by atoms with van der Waals surface area (Å²) < 4.78 is 7.66. The number of hydrogen-bond donors (Lipinski definition) is 3. The van der Waals surface area contributed by atoms with E-state index in [9.17, 15) is 20.1 Å². The number of ketones is 1. The normalized spacial score (nSPS) is 19.4. The third-order valence-corrected chi connectivity index (χ3v) is 6.63. The van der Waals surface area contributed by atoms with E-state index in [2.05, 4.69) is 13.8 Å². The Labute approximate surface area is 197 Å². The maximum Gasteiger partial charge on any atom is 0.375 e. The molecule has 0 saturated carbocycles. The molecule has 0 fully saturated rings. The highest BCUT2D eigenvalue weighted by molar-refractivity contribution is 6.23. The number of carbonyl (C=O) groups is 1. The van der Waals surface area contributed by atoms with E-state index in [-0.39, 0.29) is 35.9 Å². The Bertz CT molecular complexity index is 1390. The van der Waals surface area contributed by atoms with Gasteiger partial charge in [-0.25, -0.2) is 0 Å². The first-order valence-corrected chi connectivity index (χ1v) is 11.3. The van der Waals surface area contributed by atoms with Crippen molar-refractivity contribution in [3.05, 3.63) is 88.7 Å². The van der Waals surface area contributed by atoms with Crippen LogP contribution in [0.4, 0.5) is 5.69 Å². The fourth-order valence-electron chi connectivity index (χ4n) is 4.90. The van der Waals surface area contributed by atoms with Crippen LogP contribution in [0.5, 0.6) is 0 Å². The number of aromatic nitrogens is 1. The van der Waals surface area contributed by atoms with Crippen LogP contribution in [0.15, 0.2) is 81.6 Å². The van der Waals surface area contributed by atoms with Crippen LogP contribution in [0.2, 0.25) is 0 Å². The zero-order valence-corrected chi connectivity index (χ0v) is 19.2. The van der Waals surface area contributed by atoms with Gasteiger partial charge >= 0.3 is 5.89 Å². The SMILES string of the molecule is CC1(C)C(=CC2=C(O)C(=Cc3oc4ccccc4[n+]3CCO)C2=O)N(CCO)c2ccccc21. The predicted octanol–water partition coefficient (Wildman–Crippen LogP) is 3.16. The molecule has 3 aromatic rings. The van der Waals surface area contributed by atoms with Crippen molar-refractivity contribution in [2.45, 2.75) is 25.8 Å². The zero-order valence-electron chi connectivity index (χ0n) is 19.2. The Morgan fingerprint density at radius 2 is 1.76 bits per heavy atom. The highest BCUT2D eigenvalue weighted by atomic mass is 16.4. The molecule has 3 N–H and O–H groups in total. The van der Waals surface area contributed by atoms with E-state index in [0.29, 0.717) is 24.6 Å². The lowest BCUT2D eigenvalue weighted by Gasteiger charge is -2.28. The molecule has 1 aliphatic carbocycles. The minimum absolute atomic E-state index is 0.0389. The second-order valence-corrected chi connectivity index (χ2v) is 8.98. The number of benzene rings is 2. The third-order valence-electron chi connectivity index (χ3n) is 6.63. The summed E-state index contributed by atoms with van der Waals surface area (Å²) in [6.45, 7) is 4.69. The summed E-state index contributed by atoms with van der Waals surface area (Å²) in [7, 11) is 0. The number of aliphatic hydroxyl groups is 3. The highest BCUT2D eigenvalue weighted by Crippen LogP contribution is 2.48. The van der Waals surface area contributed by atoms with Crippen LogP contribution in [0.1, 0.15) is 25.3 Å². The molecule has 2 aromatic carbocycles. The predicted molar refractivity (Wildman–Crippen MR) is 128 cm³/mol. The number of carbonyl (C=O) groups excluding carboxylic acids is 1. The van der Waals surface area contributed by atoms with E-state index in [4.69, 9.17) is 4.42 Å². The Morgan fingerprint density at radius 1 is 1.03 bits per heavy atom. The molecule has 5 rings (SSSR count). The van der Waals surface area contributed by atoms with Crippen LogP contribution >= 0.6 is 0 Å². The van der Waals surface area contributed by atoms with Gasteiger partial charge in [-0.1, -0.05) is 44.2 Å². The fraction of sp³-hybridized carbons (Fsp3) is 0.259. The van der Waals surface area contributed by atoms with Gasteiger partial charge in [0.1, 0.15) is 12.4 Å². The van der Waals surface area contributed by atoms with Gasteiger partial charge in [0.2, 0.25) is 11.4 Å². The minimum atomic E-state index is -0.401. The van der Waals surface area contributed by atoms with E-state index in [1.165, 1.54) is 6.08 Å². The van der Waals surface area contributed by atoms with Gasteiger partial charge in [0.25, 0.3) is 5.52 Å². The molecule has 0 amide bonds. The van der Waals surface area contributed by atoms with Crippen molar-refractivity contribution in [3.8, 4) is 0 Å². The summed E-state index contributed by atoms with van der Waals surface area (Å²) in [5.41, 5.74) is 4.36. The lowest BCUT2D eigenvalue weighted by Crippen LogP contribution is -2.37. The van der Waals surface area contributed by atoms with Gasteiger partial charge in [-0.05, 0) is 23.8 Å². The standard InChI is InChI=1S/C27H26N2O5/c1-27(2)19-7-3-4-8-20(19)28(11-13-30)23(27)15-17-25(32)18(26(17)33)16-24-29(12-14-31)21-9-5-6-10-22(21)34-24/h3-10,15-16,30-31H,11-14H2,1-2H3/p+1. The van der Waals surface area contributed by atoms with Gasteiger partial charge in [-0.15, -0.1) is 0 Å². The molecule has 174 valence electrons. The second kappa shape index (κ2) is 8.27. The number of anilines is 1. The van der Waals surface area contributed by atoms with Crippen LogP contribution in [-0.2, 0) is 16.8 Å². The Kier molecular flexibility index (Phi) is 5.38. The Balaban J connectivity index is 1.57. The van der Waals surface area contributed by atoms with Crippen LogP contribution in [-0.4, -0.2) is 40.9 Å². The summed E-state index contributed by atoms with van der Waals surface area (Å²) >= 11 is 0. The lowest BCUT2D eigenvalue weighted by atomic mass is 9.80. The smallest absolute Gasteiger partial charge is 0.375 e. The van der Waals surface area contributed by atoms with Gasteiger partial charge < -0.3 is 24.6 Å². The van der Waals surface area contributed by atoms with Gasteiger partial charge in [0, 0.05) is 29.4 Å². The summed E-state index contributed by atoms with van der Waals surface area (Å²) in [6, 6.07) is 15.4. The number of hydrogen-bond acceptors (Lipinski definition) is 6. The quantitative estimate of drug-likeness (QED) is 0.387. The van der Waals surface area contributed by atoms with Crippen molar-refractivity contribution in [3.63, 3.8) is 0 Å². The van der Waals surface area contributed by atoms with Crippen molar-refractivity contribution in [2.24, 2.45) is 0 Å². The molecule has 0 saturated heterocycles. The first-order valence-electron chi connectivity index (χ1n) is 11.3. The van der Waals surface area contributed by atoms with E-state index < -0.39 is 5.41 Å².